The Balaban J connectivity index is 2.12. The molecular formula is C17H18FNO2. The number of rotatable bonds is 5. The summed E-state index contributed by atoms with van der Waals surface area (Å²) in [6, 6.07) is 13.1. The summed E-state index contributed by atoms with van der Waals surface area (Å²) in [6.45, 7) is 1.99. The van der Waals surface area contributed by atoms with Gasteiger partial charge < -0.3 is 10.1 Å². The van der Waals surface area contributed by atoms with E-state index >= 15 is 0 Å². The Kier molecular flexibility index (Phi) is 4.93. The maximum absolute atomic E-state index is 13.2. The number of methoxy groups -OCH3 is 1. The quantitative estimate of drug-likeness (QED) is 0.910. The van der Waals surface area contributed by atoms with E-state index in [9.17, 15) is 9.18 Å². The zero-order chi connectivity index (χ0) is 15.2. The summed E-state index contributed by atoms with van der Waals surface area (Å²) in [4.78, 5) is 12.2. The van der Waals surface area contributed by atoms with Crippen molar-refractivity contribution in [3.05, 3.63) is 65.5 Å². The van der Waals surface area contributed by atoms with Crippen LogP contribution in [0.25, 0.3) is 0 Å². The van der Waals surface area contributed by atoms with Gasteiger partial charge in [-0.3, -0.25) is 4.79 Å². The molecule has 0 aliphatic heterocycles. The van der Waals surface area contributed by atoms with Crippen molar-refractivity contribution >= 4 is 5.91 Å². The second-order valence-electron chi connectivity index (χ2n) is 4.72. The first kappa shape index (κ1) is 15.0. The average molecular weight is 287 g/mol. The maximum atomic E-state index is 13.2. The molecule has 4 heteroatoms. The number of amides is 1. The minimum atomic E-state index is -0.417. The van der Waals surface area contributed by atoms with Crippen LogP contribution in [0.2, 0.25) is 0 Å². The fraction of sp³-hybridized carbons (Fsp3) is 0.235. The highest BCUT2D eigenvalue weighted by Crippen LogP contribution is 2.20. The molecule has 0 saturated carbocycles. The van der Waals surface area contributed by atoms with Gasteiger partial charge in [0.15, 0.2) is 0 Å². The summed E-state index contributed by atoms with van der Waals surface area (Å²) in [7, 11) is 1.61. The maximum Gasteiger partial charge on any atom is 0.251 e. The third kappa shape index (κ3) is 3.81. The van der Waals surface area contributed by atoms with Gasteiger partial charge in [0, 0.05) is 5.56 Å². The van der Waals surface area contributed by atoms with Gasteiger partial charge in [-0.15, -0.1) is 0 Å². The lowest BCUT2D eigenvalue weighted by Gasteiger charge is -2.18. The Bertz CT molecular complexity index is 610. The number of nitrogens with one attached hydrogen (secondary N) is 1. The Morgan fingerprint density at radius 3 is 2.52 bits per heavy atom. The summed E-state index contributed by atoms with van der Waals surface area (Å²) in [6.07, 6.45) is 0.743. The Morgan fingerprint density at radius 1 is 1.24 bits per heavy atom. The van der Waals surface area contributed by atoms with Gasteiger partial charge in [-0.05, 0) is 42.3 Å². The predicted octanol–water partition coefficient (Wildman–Crippen LogP) is 3.72. The van der Waals surface area contributed by atoms with E-state index in [1.807, 2.05) is 31.2 Å². The van der Waals surface area contributed by atoms with Crippen molar-refractivity contribution in [3.8, 4) is 5.75 Å². The number of carbonyl (C=O) groups is 1. The molecule has 0 fully saturated rings. The standard InChI is InChI=1S/C17H18FNO2/c1-3-16(12-7-9-15(21-2)10-8-12)19-17(20)13-5-4-6-14(18)11-13/h4-11,16H,3H2,1-2H3,(H,19,20)/t16-/m0/s1. The average Bonchev–Trinajstić information content (AvgIpc) is 2.52. The van der Waals surface area contributed by atoms with Gasteiger partial charge in [0.05, 0.1) is 13.2 Å². The fourth-order valence-corrected chi connectivity index (χ4v) is 2.13. The summed E-state index contributed by atoms with van der Waals surface area (Å²) < 4.78 is 18.3. The topological polar surface area (TPSA) is 38.3 Å². The molecule has 0 heterocycles. The lowest BCUT2D eigenvalue weighted by atomic mass is 10.0. The third-order valence-electron chi connectivity index (χ3n) is 3.32. The molecule has 1 N–H and O–H groups in total. The molecule has 0 unspecified atom stereocenters. The van der Waals surface area contributed by atoms with Crippen molar-refractivity contribution < 1.29 is 13.9 Å². The van der Waals surface area contributed by atoms with Crippen LogP contribution >= 0.6 is 0 Å². The molecule has 1 amide bonds. The SMILES string of the molecule is CC[C@H](NC(=O)c1cccc(F)c1)c1ccc(OC)cc1. The van der Waals surface area contributed by atoms with Crippen molar-refractivity contribution in [1.29, 1.82) is 0 Å². The molecule has 0 spiro atoms. The lowest BCUT2D eigenvalue weighted by Crippen LogP contribution is -2.28. The molecule has 21 heavy (non-hydrogen) atoms. The number of carbonyl (C=O) groups excluding carboxylic acids is 1. The Morgan fingerprint density at radius 2 is 1.95 bits per heavy atom. The number of hydrogen-bond acceptors (Lipinski definition) is 2. The van der Waals surface area contributed by atoms with E-state index < -0.39 is 5.82 Å². The molecular weight excluding hydrogens is 269 g/mol. The van der Waals surface area contributed by atoms with Gasteiger partial charge in [0.25, 0.3) is 5.91 Å². The number of ether oxygens (including phenoxy) is 1. The molecule has 2 rings (SSSR count). The molecule has 0 saturated heterocycles. The van der Waals surface area contributed by atoms with Crippen molar-refractivity contribution in [2.24, 2.45) is 0 Å². The molecule has 2 aromatic rings. The van der Waals surface area contributed by atoms with Crippen molar-refractivity contribution in [2.45, 2.75) is 19.4 Å². The zero-order valence-corrected chi connectivity index (χ0v) is 12.1. The molecule has 0 aromatic heterocycles. The molecule has 2 aromatic carbocycles. The molecule has 0 bridgehead atoms. The minimum absolute atomic E-state index is 0.119. The van der Waals surface area contributed by atoms with Gasteiger partial charge >= 0.3 is 0 Å². The molecule has 3 nitrogen and oxygen atoms in total. The van der Waals surface area contributed by atoms with Crippen LogP contribution in [0.3, 0.4) is 0 Å². The summed E-state index contributed by atoms with van der Waals surface area (Å²) in [5.74, 6) is 0.0716. The highest BCUT2D eigenvalue weighted by molar-refractivity contribution is 5.94. The van der Waals surface area contributed by atoms with E-state index in [0.717, 1.165) is 17.7 Å². The van der Waals surface area contributed by atoms with E-state index in [0.29, 0.717) is 5.56 Å². The fourth-order valence-electron chi connectivity index (χ4n) is 2.13. The number of benzene rings is 2. The molecule has 0 radical (unpaired) electrons. The summed E-state index contributed by atoms with van der Waals surface area (Å²) in [5.41, 5.74) is 1.31. The van der Waals surface area contributed by atoms with E-state index in [4.69, 9.17) is 4.74 Å². The second-order valence-corrected chi connectivity index (χ2v) is 4.72. The largest absolute Gasteiger partial charge is 0.497 e. The first-order valence-corrected chi connectivity index (χ1v) is 6.84. The normalized spacial score (nSPS) is 11.8. The van der Waals surface area contributed by atoms with Gasteiger partial charge in [-0.1, -0.05) is 25.1 Å². The molecule has 0 aliphatic rings. The molecule has 1 atom stereocenters. The first-order chi connectivity index (χ1) is 10.1. The monoisotopic (exact) mass is 287 g/mol. The van der Waals surface area contributed by atoms with E-state index in [1.54, 1.807) is 13.2 Å². The smallest absolute Gasteiger partial charge is 0.251 e. The van der Waals surface area contributed by atoms with E-state index in [2.05, 4.69) is 5.32 Å². The second kappa shape index (κ2) is 6.88. The Labute approximate surface area is 123 Å². The van der Waals surface area contributed by atoms with E-state index in [1.165, 1.54) is 18.2 Å². The van der Waals surface area contributed by atoms with Gasteiger partial charge in [0.1, 0.15) is 11.6 Å². The van der Waals surface area contributed by atoms with Crippen LogP contribution in [0, 0.1) is 5.82 Å². The van der Waals surface area contributed by atoms with Crippen molar-refractivity contribution in [1.82, 2.24) is 5.32 Å². The van der Waals surface area contributed by atoms with Crippen LogP contribution < -0.4 is 10.1 Å². The van der Waals surface area contributed by atoms with Crippen LogP contribution in [-0.4, -0.2) is 13.0 Å². The molecule has 110 valence electrons. The minimum Gasteiger partial charge on any atom is -0.497 e. The Hall–Kier alpha value is -2.36. The van der Waals surface area contributed by atoms with E-state index in [-0.39, 0.29) is 11.9 Å². The van der Waals surface area contributed by atoms with Gasteiger partial charge in [-0.2, -0.15) is 0 Å². The van der Waals surface area contributed by atoms with Crippen molar-refractivity contribution in [2.75, 3.05) is 7.11 Å². The summed E-state index contributed by atoms with van der Waals surface area (Å²) in [5, 5.41) is 2.92. The van der Waals surface area contributed by atoms with Gasteiger partial charge in [0.2, 0.25) is 0 Å². The van der Waals surface area contributed by atoms with Crippen LogP contribution in [-0.2, 0) is 0 Å². The highest BCUT2D eigenvalue weighted by Gasteiger charge is 2.14. The van der Waals surface area contributed by atoms with Crippen LogP contribution in [0.4, 0.5) is 4.39 Å². The number of halogens is 1. The first-order valence-electron chi connectivity index (χ1n) is 6.84. The number of hydrogen-bond donors (Lipinski definition) is 1. The zero-order valence-electron chi connectivity index (χ0n) is 12.1. The predicted molar refractivity (Wildman–Crippen MR) is 79.9 cm³/mol. The van der Waals surface area contributed by atoms with Crippen LogP contribution in [0.1, 0.15) is 35.3 Å². The lowest BCUT2D eigenvalue weighted by molar-refractivity contribution is 0.0935. The molecule has 0 aliphatic carbocycles. The van der Waals surface area contributed by atoms with Gasteiger partial charge in [-0.25, -0.2) is 4.39 Å². The highest BCUT2D eigenvalue weighted by atomic mass is 19.1. The third-order valence-corrected chi connectivity index (χ3v) is 3.32. The van der Waals surface area contributed by atoms with Crippen LogP contribution in [0.5, 0.6) is 5.75 Å². The van der Waals surface area contributed by atoms with Crippen molar-refractivity contribution in [3.63, 3.8) is 0 Å². The summed E-state index contributed by atoms with van der Waals surface area (Å²) >= 11 is 0. The van der Waals surface area contributed by atoms with Crippen LogP contribution in [0.15, 0.2) is 48.5 Å².